The number of benzene rings is 1. The van der Waals surface area contributed by atoms with Gasteiger partial charge in [-0.15, -0.1) is 0 Å². The number of rotatable bonds is 3. The predicted molar refractivity (Wildman–Crippen MR) is 63.6 cm³/mol. The van der Waals surface area contributed by atoms with Crippen LogP contribution in [0.15, 0.2) is 54.9 Å². The maximum atomic E-state index is 11.3. The smallest absolute Gasteiger partial charge is 0.266 e. The first-order valence-corrected chi connectivity index (χ1v) is 5.71. The summed E-state index contributed by atoms with van der Waals surface area (Å²) < 4.78 is 21.9. The molecule has 1 N–H and O–H groups in total. The lowest BCUT2D eigenvalue weighted by molar-refractivity contribution is 0.564. The van der Waals surface area contributed by atoms with Gasteiger partial charge in [-0.3, -0.25) is 9.54 Å². The highest BCUT2D eigenvalue weighted by Crippen LogP contribution is 2.25. The molecule has 16 heavy (non-hydrogen) atoms. The van der Waals surface area contributed by atoms with Crippen LogP contribution in [0.5, 0.6) is 0 Å². The molecule has 1 aromatic carbocycles. The number of aromatic nitrogens is 1. The molecule has 1 aromatic heterocycles. The van der Waals surface area contributed by atoms with E-state index in [-0.39, 0.29) is 0 Å². The molecule has 2 rings (SSSR count). The Balaban J connectivity index is 2.44. The SMILES string of the molecule is O=S(O)N(c1ccccc1)c1cccnc1. The Morgan fingerprint density at radius 1 is 1.06 bits per heavy atom. The second kappa shape index (κ2) is 4.87. The van der Waals surface area contributed by atoms with Gasteiger partial charge in [-0.2, -0.15) is 0 Å². The van der Waals surface area contributed by atoms with Crippen LogP contribution >= 0.6 is 0 Å². The summed E-state index contributed by atoms with van der Waals surface area (Å²) in [7, 11) is 0. The summed E-state index contributed by atoms with van der Waals surface area (Å²) in [5, 5.41) is 0. The van der Waals surface area contributed by atoms with Crippen molar-refractivity contribution in [3.8, 4) is 0 Å². The lowest BCUT2D eigenvalue weighted by atomic mass is 10.3. The van der Waals surface area contributed by atoms with Gasteiger partial charge in [0.25, 0.3) is 11.3 Å². The summed E-state index contributed by atoms with van der Waals surface area (Å²) in [4.78, 5) is 3.93. The van der Waals surface area contributed by atoms with Crippen molar-refractivity contribution in [2.75, 3.05) is 4.31 Å². The van der Waals surface area contributed by atoms with Gasteiger partial charge in [0, 0.05) is 6.20 Å². The summed E-state index contributed by atoms with van der Waals surface area (Å²) in [5.41, 5.74) is 1.23. The van der Waals surface area contributed by atoms with Crippen molar-refractivity contribution in [2.24, 2.45) is 0 Å². The molecule has 2 aromatic rings. The highest BCUT2D eigenvalue weighted by molar-refractivity contribution is 7.81. The van der Waals surface area contributed by atoms with Crippen LogP contribution in [0.4, 0.5) is 11.4 Å². The van der Waals surface area contributed by atoms with E-state index in [9.17, 15) is 8.76 Å². The molecule has 0 aliphatic carbocycles. The summed E-state index contributed by atoms with van der Waals surface area (Å²) in [6.45, 7) is 0. The zero-order valence-electron chi connectivity index (χ0n) is 8.35. The molecule has 1 unspecified atom stereocenters. The van der Waals surface area contributed by atoms with E-state index in [1.165, 1.54) is 4.31 Å². The van der Waals surface area contributed by atoms with E-state index in [0.29, 0.717) is 11.4 Å². The molecule has 0 radical (unpaired) electrons. The van der Waals surface area contributed by atoms with Gasteiger partial charge in [0.2, 0.25) is 0 Å². The standard InChI is InChI=1S/C11H10N2O2S/c14-16(15)13(10-5-2-1-3-6-10)11-7-4-8-12-9-11/h1-9H,(H,14,15). The molecule has 0 bridgehead atoms. The van der Waals surface area contributed by atoms with Gasteiger partial charge in [0.05, 0.1) is 17.6 Å². The van der Waals surface area contributed by atoms with E-state index in [1.54, 1.807) is 36.7 Å². The lowest BCUT2D eigenvalue weighted by Gasteiger charge is -2.19. The number of nitrogens with zero attached hydrogens (tertiary/aromatic N) is 2. The fourth-order valence-electron chi connectivity index (χ4n) is 1.37. The van der Waals surface area contributed by atoms with Crippen molar-refractivity contribution in [1.82, 2.24) is 4.98 Å². The van der Waals surface area contributed by atoms with Crippen molar-refractivity contribution < 1.29 is 8.76 Å². The van der Waals surface area contributed by atoms with Crippen molar-refractivity contribution in [2.45, 2.75) is 0 Å². The molecule has 0 spiro atoms. The van der Waals surface area contributed by atoms with Crippen LogP contribution < -0.4 is 4.31 Å². The third-order valence-electron chi connectivity index (χ3n) is 2.03. The first-order chi connectivity index (χ1) is 7.79. The number of para-hydroxylation sites is 1. The van der Waals surface area contributed by atoms with Crippen LogP contribution in [0.3, 0.4) is 0 Å². The maximum absolute atomic E-state index is 11.3. The molecule has 4 nitrogen and oxygen atoms in total. The average molecular weight is 234 g/mol. The Hall–Kier alpha value is -1.72. The largest absolute Gasteiger partial charge is 0.289 e. The topological polar surface area (TPSA) is 53.4 Å². The maximum Gasteiger partial charge on any atom is 0.266 e. The molecule has 0 fully saturated rings. The minimum atomic E-state index is -2.11. The zero-order chi connectivity index (χ0) is 11.4. The molecule has 0 aliphatic heterocycles. The normalized spacial score (nSPS) is 12.1. The number of anilines is 2. The van der Waals surface area contributed by atoms with Crippen molar-refractivity contribution >= 4 is 22.6 Å². The van der Waals surface area contributed by atoms with Crippen molar-refractivity contribution in [1.29, 1.82) is 0 Å². The quantitative estimate of drug-likeness (QED) is 0.829. The summed E-state index contributed by atoms with van der Waals surface area (Å²) in [5.74, 6) is 0. The van der Waals surface area contributed by atoms with E-state index in [2.05, 4.69) is 4.98 Å². The third kappa shape index (κ3) is 2.26. The zero-order valence-corrected chi connectivity index (χ0v) is 9.17. The molecular formula is C11H10N2O2S. The van der Waals surface area contributed by atoms with E-state index >= 15 is 0 Å². The fourth-order valence-corrected chi connectivity index (χ4v) is 1.96. The Morgan fingerprint density at radius 3 is 2.31 bits per heavy atom. The minimum absolute atomic E-state index is 0.578. The highest BCUT2D eigenvalue weighted by Gasteiger charge is 2.14. The van der Waals surface area contributed by atoms with Gasteiger partial charge in [0.15, 0.2) is 0 Å². The number of hydrogen-bond acceptors (Lipinski definition) is 2. The van der Waals surface area contributed by atoms with Gasteiger partial charge in [-0.25, -0.2) is 8.51 Å². The molecule has 0 amide bonds. The van der Waals surface area contributed by atoms with E-state index in [1.807, 2.05) is 18.2 Å². The van der Waals surface area contributed by atoms with Crippen LogP contribution in [0, 0.1) is 0 Å². The third-order valence-corrected chi connectivity index (χ3v) is 2.76. The van der Waals surface area contributed by atoms with E-state index < -0.39 is 11.3 Å². The molecule has 0 saturated carbocycles. The van der Waals surface area contributed by atoms with Gasteiger partial charge < -0.3 is 0 Å². The molecule has 1 heterocycles. The van der Waals surface area contributed by atoms with E-state index in [0.717, 1.165) is 0 Å². The first-order valence-electron chi connectivity index (χ1n) is 4.65. The van der Waals surface area contributed by atoms with Crippen LogP contribution in [0.25, 0.3) is 0 Å². The first kappa shape index (κ1) is 10.8. The Morgan fingerprint density at radius 2 is 1.75 bits per heavy atom. The number of pyridine rings is 1. The van der Waals surface area contributed by atoms with Crippen molar-refractivity contribution in [3.05, 3.63) is 54.9 Å². The van der Waals surface area contributed by atoms with Gasteiger partial charge in [0.1, 0.15) is 0 Å². The Bertz CT molecular complexity index is 436. The van der Waals surface area contributed by atoms with Gasteiger partial charge in [-0.1, -0.05) is 18.2 Å². The average Bonchev–Trinajstić information content (AvgIpc) is 2.31. The molecule has 5 heteroatoms. The number of hydrogen-bond donors (Lipinski definition) is 1. The molecule has 1 atom stereocenters. The minimum Gasteiger partial charge on any atom is -0.289 e. The van der Waals surface area contributed by atoms with Crippen LogP contribution in [0.1, 0.15) is 0 Å². The Kier molecular flexibility index (Phi) is 3.28. The summed E-state index contributed by atoms with van der Waals surface area (Å²) in [6, 6.07) is 12.5. The highest BCUT2D eigenvalue weighted by atomic mass is 32.2. The van der Waals surface area contributed by atoms with Gasteiger partial charge >= 0.3 is 0 Å². The second-order valence-corrected chi connectivity index (χ2v) is 3.90. The molecule has 0 aliphatic rings. The van der Waals surface area contributed by atoms with Crippen LogP contribution in [0.2, 0.25) is 0 Å². The molecule has 82 valence electrons. The molecule has 0 saturated heterocycles. The second-order valence-electron chi connectivity index (χ2n) is 3.07. The Labute approximate surface area is 96.0 Å². The predicted octanol–water partition coefficient (Wildman–Crippen LogP) is 2.36. The van der Waals surface area contributed by atoms with Crippen LogP contribution in [-0.4, -0.2) is 13.7 Å². The summed E-state index contributed by atoms with van der Waals surface area (Å²) in [6.07, 6.45) is 3.16. The molecular weight excluding hydrogens is 224 g/mol. The lowest BCUT2D eigenvalue weighted by Crippen LogP contribution is -2.19. The van der Waals surface area contributed by atoms with Crippen molar-refractivity contribution in [3.63, 3.8) is 0 Å². The van der Waals surface area contributed by atoms with E-state index in [4.69, 9.17) is 0 Å². The monoisotopic (exact) mass is 234 g/mol. The fraction of sp³-hybridized carbons (Fsp3) is 0. The summed E-state index contributed by atoms with van der Waals surface area (Å²) >= 11 is -2.11. The van der Waals surface area contributed by atoms with Gasteiger partial charge in [-0.05, 0) is 24.3 Å². The van der Waals surface area contributed by atoms with Crippen LogP contribution in [-0.2, 0) is 11.3 Å².